The first-order valence-corrected chi connectivity index (χ1v) is 6.30. The second-order valence-electron chi connectivity index (χ2n) is 3.37. The number of allylic oxidation sites excluding steroid dienone is 2. The lowest BCUT2D eigenvalue weighted by Gasteiger charge is -2.11. The standard InChI is InChI=1S/C10H19Si/c1-6-11(7-9(2)3)8-10(4)5/h2,4,6-8H2,1,3,5H3. The van der Waals surface area contributed by atoms with Gasteiger partial charge in [0.05, 0.1) is 8.80 Å². The monoisotopic (exact) mass is 167 g/mol. The molecule has 0 aromatic heterocycles. The topological polar surface area (TPSA) is 0 Å². The molecule has 0 bridgehead atoms. The van der Waals surface area contributed by atoms with Crippen LogP contribution in [0.25, 0.3) is 0 Å². The summed E-state index contributed by atoms with van der Waals surface area (Å²) in [5.74, 6) is 0. The summed E-state index contributed by atoms with van der Waals surface area (Å²) in [4.78, 5) is 0. The molecule has 0 nitrogen and oxygen atoms in total. The van der Waals surface area contributed by atoms with E-state index in [0.29, 0.717) is 0 Å². The molecule has 0 heterocycles. The summed E-state index contributed by atoms with van der Waals surface area (Å²) < 4.78 is 0. The molecule has 0 aliphatic carbocycles. The molecular formula is C10H19Si. The highest BCUT2D eigenvalue weighted by molar-refractivity contribution is 6.60. The van der Waals surface area contributed by atoms with Crippen molar-refractivity contribution in [2.24, 2.45) is 0 Å². The van der Waals surface area contributed by atoms with E-state index in [2.05, 4.69) is 33.9 Å². The first-order valence-electron chi connectivity index (χ1n) is 4.18. The van der Waals surface area contributed by atoms with Crippen LogP contribution in [0, 0.1) is 0 Å². The smallest absolute Gasteiger partial charge is 0.0561 e. The largest absolute Gasteiger partial charge is 0.100 e. The van der Waals surface area contributed by atoms with Crippen LogP contribution in [0.5, 0.6) is 0 Å². The maximum absolute atomic E-state index is 3.95. The Kier molecular flexibility index (Phi) is 5.21. The predicted molar refractivity (Wildman–Crippen MR) is 55.5 cm³/mol. The molecule has 0 aliphatic heterocycles. The molecule has 0 rings (SSSR count). The lowest BCUT2D eigenvalue weighted by atomic mass is 10.4. The fourth-order valence-corrected chi connectivity index (χ4v) is 3.50. The molecule has 0 fully saturated rings. The Morgan fingerprint density at radius 1 is 1.09 bits per heavy atom. The van der Waals surface area contributed by atoms with Gasteiger partial charge in [-0.3, -0.25) is 0 Å². The second kappa shape index (κ2) is 5.36. The molecule has 0 N–H and O–H groups in total. The normalized spacial score (nSPS) is 10.2. The van der Waals surface area contributed by atoms with Crippen LogP contribution in [-0.4, -0.2) is 8.80 Å². The fraction of sp³-hybridized carbons (Fsp3) is 0.600. The molecule has 0 atom stereocenters. The molecule has 63 valence electrons. The van der Waals surface area contributed by atoms with Crippen LogP contribution in [0.1, 0.15) is 20.8 Å². The third-order valence-electron chi connectivity index (χ3n) is 1.60. The Hall–Kier alpha value is -0.303. The number of rotatable bonds is 5. The van der Waals surface area contributed by atoms with Crippen LogP contribution in [0.3, 0.4) is 0 Å². The van der Waals surface area contributed by atoms with Gasteiger partial charge in [0.25, 0.3) is 0 Å². The second-order valence-corrected chi connectivity index (χ2v) is 6.29. The van der Waals surface area contributed by atoms with E-state index in [4.69, 9.17) is 0 Å². The van der Waals surface area contributed by atoms with Gasteiger partial charge in [-0.15, -0.1) is 13.2 Å². The Bertz CT molecular complexity index is 131. The highest BCUT2D eigenvalue weighted by atomic mass is 28.3. The van der Waals surface area contributed by atoms with Crippen molar-refractivity contribution in [3.63, 3.8) is 0 Å². The summed E-state index contributed by atoms with van der Waals surface area (Å²) in [6, 6.07) is 3.85. The summed E-state index contributed by atoms with van der Waals surface area (Å²) >= 11 is 0. The van der Waals surface area contributed by atoms with Gasteiger partial charge in [-0.25, -0.2) is 0 Å². The minimum Gasteiger partial charge on any atom is -0.100 e. The van der Waals surface area contributed by atoms with Crippen LogP contribution in [0.4, 0.5) is 0 Å². The molecule has 0 saturated heterocycles. The van der Waals surface area contributed by atoms with Crippen molar-refractivity contribution in [1.29, 1.82) is 0 Å². The first-order chi connectivity index (χ1) is 5.06. The van der Waals surface area contributed by atoms with Gasteiger partial charge in [0, 0.05) is 0 Å². The number of hydrogen-bond donors (Lipinski definition) is 0. The van der Waals surface area contributed by atoms with Crippen LogP contribution in [0.15, 0.2) is 24.3 Å². The molecule has 0 spiro atoms. The Balaban J connectivity index is 3.76. The van der Waals surface area contributed by atoms with E-state index < -0.39 is 0 Å². The van der Waals surface area contributed by atoms with Crippen molar-refractivity contribution in [2.45, 2.75) is 38.9 Å². The van der Waals surface area contributed by atoms with E-state index in [1.54, 1.807) is 0 Å². The molecule has 0 amide bonds. The SMILES string of the molecule is C=C(C)C[Si](CC)CC(=C)C. The minimum atomic E-state index is -0.182. The van der Waals surface area contributed by atoms with E-state index >= 15 is 0 Å². The van der Waals surface area contributed by atoms with Crippen molar-refractivity contribution < 1.29 is 0 Å². The molecule has 1 heteroatoms. The van der Waals surface area contributed by atoms with Crippen LogP contribution in [0.2, 0.25) is 18.1 Å². The van der Waals surface area contributed by atoms with Gasteiger partial charge in [0.2, 0.25) is 0 Å². The lowest BCUT2D eigenvalue weighted by Crippen LogP contribution is -2.10. The third kappa shape index (κ3) is 6.11. The van der Waals surface area contributed by atoms with Gasteiger partial charge >= 0.3 is 0 Å². The van der Waals surface area contributed by atoms with Crippen molar-refractivity contribution in [3.8, 4) is 0 Å². The Morgan fingerprint density at radius 2 is 1.45 bits per heavy atom. The zero-order chi connectivity index (χ0) is 8.85. The molecule has 0 aromatic carbocycles. The average Bonchev–Trinajstić information content (AvgIpc) is 1.84. The van der Waals surface area contributed by atoms with E-state index in [9.17, 15) is 0 Å². The maximum Gasteiger partial charge on any atom is 0.0561 e. The van der Waals surface area contributed by atoms with Gasteiger partial charge in [-0.2, -0.15) is 0 Å². The zero-order valence-electron chi connectivity index (χ0n) is 8.04. The van der Waals surface area contributed by atoms with Gasteiger partial charge in [0.15, 0.2) is 0 Å². The highest BCUT2D eigenvalue weighted by Gasteiger charge is 2.07. The predicted octanol–water partition coefficient (Wildman–Crippen LogP) is 3.65. The van der Waals surface area contributed by atoms with Gasteiger partial charge in [-0.1, -0.05) is 24.1 Å². The van der Waals surface area contributed by atoms with Crippen molar-refractivity contribution in [3.05, 3.63) is 24.3 Å². The minimum absolute atomic E-state index is 0.182. The zero-order valence-corrected chi connectivity index (χ0v) is 9.04. The molecule has 1 radical (unpaired) electrons. The van der Waals surface area contributed by atoms with Gasteiger partial charge in [0.1, 0.15) is 0 Å². The number of hydrogen-bond acceptors (Lipinski definition) is 0. The van der Waals surface area contributed by atoms with Crippen LogP contribution in [-0.2, 0) is 0 Å². The molecule has 0 aromatic rings. The molecule has 11 heavy (non-hydrogen) atoms. The molecular weight excluding hydrogens is 148 g/mol. The van der Waals surface area contributed by atoms with E-state index in [-0.39, 0.29) is 8.80 Å². The van der Waals surface area contributed by atoms with Gasteiger partial charge in [-0.05, 0) is 25.9 Å². The lowest BCUT2D eigenvalue weighted by molar-refractivity contribution is 1.24. The summed E-state index contributed by atoms with van der Waals surface area (Å²) in [5.41, 5.74) is 2.67. The highest BCUT2D eigenvalue weighted by Crippen LogP contribution is 2.14. The fourth-order valence-electron chi connectivity index (χ4n) is 1.17. The molecule has 0 unspecified atom stereocenters. The Labute approximate surface area is 72.6 Å². The summed E-state index contributed by atoms with van der Waals surface area (Å²) in [5, 5.41) is 0. The van der Waals surface area contributed by atoms with E-state index in [0.717, 1.165) is 0 Å². The Morgan fingerprint density at radius 3 is 1.64 bits per heavy atom. The third-order valence-corrected chi connectivity index (χ3v) is 4.81. The first kappa shape index (κ1) is 10.7. The van der Waals surface area contributed by atoms with Crippen LogP contribution < -0.4 is 0 Å². The van der Waals surface area contributed by atoms with E-state index in [1.807, 2.05) is 0 Å². The summed E-state index contributed by atoms with van der Waals surface area (Å²) in [6.45, 7) is 14.4. The van der Waals surface area contributed by atoms with Gasteiger partial charge < -0.3 is 0 Å². The maximum atomic E-state index is 3.95. The van der Waals surface area contributed by atoms with Crippen molar-refractivity contribution in [2.75, 3.05) is 0 Å². The van der Waals surface area contributed by atoms with Crippen molar-refractivity contribution >= 4 is 8.80 Å². The van der Waals surface area contributed by atoms with Crippen molar-refractivity contribution in [1.82, 2.24) is 0 Å². The quantitative estimate of drug-likeness (QED) is 0.433. The summed E-state index contributed by atoms with van der Waals surface area (Å²) in [7, 11) is -0.182. The van der Waals surface area contributed by atoms with E-state index in [1.165, 1.54) is 29.3 Å². The summed E-state index contributed by atoms with van der Waals surface area (Å²) in [6.07, 6.45) is 0. The molecule has 0 aliphatic rings. The molecule has 0 saturated carbocycles. The average molecular weight is 167 g/mol. The van der Waals surface area contributed by atoms with Crippen LogP contribution >= 0.6 is 0 Å².